The maximum atomic E-state index is 12.8. The second-order valence-electron chi connectivity index (χ2n) is 10.2. The fraction of sp³-hybridized carbons (Fsp3) is 0.652. The topological polar surface area (TPSA) is 116 Å². The molecule has 0 bridgehead atoms. The van der Waals surface area contributed by atoms with Crippen molar-refractivity contribution in [2.75, 3.05) is 19.6 Å². The molecule has 3 aliphatic rings. The van der Waals surface area contributed by atoms with Crippen molar-refractivity contribution in [2.24, 2.45) is 11.8 Å². The van der Waals surface area contributed by atoms with Crippen LogP contribution in [-0.2, 0) is 19.1 Å². The average Bonchev–Trinajstić information content (AvgIpc) is 3.11. The molecule has 0 aromatic heterocycles. The molecule has 3 aliphatic heterocycles. The maximum Gasteiger partial charge on any atom is 0.408 e. The van der Waals surface area contributed by atoms with Crippen molar-refractivity contribution >= 4 is 23.9 Å². The van der Waals surface area contributed by atoms with Gasteiger partial charge in [-0.15, -0.1) is 0 Å². The van der Waals surface area contributed by atoms with Crippen molar-refractivity contribution < 1.29 is 29.0 Å². The Morgan fingerprint density at radius 1 is 1.28 bits per heavy atom. The first-order chi connectivity index (χ1) is 14.9. The van der Waals surface area contributed by atoms with Crippen LogP contribution in [0.2, 0.25) is 0 Å². The van der Waals surface area contributed by atoms with E-state index in [2.05, 4.69) is 19.2 Å². The molecule has 3 atom stereocenters. The molecule has 9 nitrogen and oxygen atoms in total. The van der Waals surface area contributed by atoms with Gasteiger partial charge in [0.15, 0.2) is 0 Å². The van der Waals surface area contributed by atoms with Crippen LogP contribution < -0.4 is 5.32 Å². The Balaban J connectivity index is 1.82. The molecule has 176 valence electrons. The smallest absolute Gasteiger partial charge is 0.408 e. The molecule has 3 rings (SSSR count). The molecule has 0 aromatic rings. The molecule has 3 heterocycles. The predicted octanol–water partition coefficient (Wildman–Crippen LogP) is 1.94. The van der Waals surface area contributed by atoms with E-state index in [0.29, 0.717) is 43.0 Å². The normalized spacial score (nSPS) is 27.0. The second-order valence-corrected chi connectivity index (χ2v) is 10.2. The van der Waals surface area contributed by atoms with Crippen LogP contribution in [0.1, 0.15) is 47.5 Å². The van der Waals surface area contributed by atoms with E-state index >= 15 is 0 Å². The van der Waals surface area contributed by atoms with Crippen molar-refractivity contribution in [1.29, 1.82) is 0 Å². The fourth-order valence-electron chi connectivity index (χ4n) is 4.56. The van der Waals surface area contributed by atoms with Gasteiger partial charge in [-0.1, -0.05) is 13.8 Å². The lowest BCUT2D eigenvalue weighted by atomic mass is 9.86. The van der Waals surface area contributed by atoms with Crippen LogP contribution in [-0.4, -0.2) is 76.1 Å². The van der Waals surface area contributed by atoms with Crippen LogP contribution in [0, 0.1) is 11.8 Å². The molecule has 0 radical (unpaired) electrons. The number of esters is 1. The van der Waals surface area contributed by atoms with E-state index in [0.717, 1.165) is 4.90 Å². The maximum absolute atomic E-state index is 12.8. The number of hydrogen-bond donors (Lipinski definition) is 2. The summed E-state index contributed by atoms with van der Waals surface area (Å²) in [5.41, 5.74) is 0.567. The Morgan fingerprint density at radius 2 is 1.97 bits per heavy atom. The Hall–Kier alpha value is -2.84. The SMILES string of the molecule is CC(C)CN1CC/C(=C\C(=C/C(=O)OC(C)(C)C)CC2CN(C(=O)O)C3C(=O)NC23)C1=O. The average molecular weight is 448 g/mol. The zero-order valence-electron chi connectivity index (χ0n) is 19.4. The fourth-order valence-corrected chi connectivity index (χ4v) is 4.56. The minimum atomic E-state index is -1.14. The number of amides is 3. The molecule has 3 amide bonds. The van der Waals surface area contributed by atoms with Gasteiger partial charge < -0.3 is 20.1 Å². The van der Waals surface area contributed by atoms with Gasteiger partial charge in [-0.3, -0.25) is 14.5 Å². The molecule has 0 saturated carbocycles. The summed E-state index contributed by atoms with van der Waals surface area (Å²) in [7, 11) is 0. The van der Waals surface area contributed by atoms with Gasteiger partial charge in [0.05, 0.1) is 6.04 Å². The number of hydrogen-bond acceptors (Lipinski definition) is 5. The first kappa shape index (κ1) is 23.8. The van der Waals surface area contributed by atoms with Gasteiger partial charge >= 0.3 is 12.1 Å². The van der Waals surface area contributed by atoms with E-state index in [9.17, 15) is 24.3 Å². The Morgan fingerprint density at radius 3 is 2.50 bits per heavy atom. The van der Waals surface area contributed by atoms with E-state index in [1.165, 1.54) is 6.08 Å². The van der Waals surface area contributed by atoms with E-state index in [-0.39, 0.29) is 30.3 Å². The van der Waals surface area contributed by atoms with Crippen molar-refractivity contribution in [3.8, 4) is 0 Å². The van der Waals surface area contributed by atoms with Gasteiger partial charge in [0.1, 0.15) is 11.6 Å². The number of fused-ring (bicyclic) bond motifs is 1. The molecule has 0 aliphatic carbocycles. The van der Waals surface area contributed by atoms with Gasteiger partial charge in [0.2, 0.25) is 11.8 Å². The van der Waals surface area contributed by atoms with Gasteiger partial charge in [0.25, 0.3) is 0 Å². The Labute approximate surface area is 188 Å². The molecule has 9 heteroatoms. The van der Waals surface area contributed by atoms with E-state index in [4.69, 9.17) is 4.74 Å². The van der Waals surface area contributed by atoms with Crippen LogP contribution >= 0.6 is 0 Å². The molecule has 3 unspecified atom stereocenters. The number of likely N-dealkylation sites (tertiary alicyclic amines) is 2. The van der Waals surface area contributed by atoms with Gasteiger partial charge in [-0.25, -0.2) is 9.59 Å². The van der Waals surface area contributed by atoms with Crippen LogP contribution in [0.3, 0.4) is 0 Å². The Bertz CT molecular complexity index is 861. The van der Waals surface area contributed by atoms with Crippen molar-refractivity contribution in [2.45, 2.75) is 65.1 Å². The van der Waals surface area contributed by atoms with E-state index < -0.39 is 23.7 Å². The minimum absolute atomic E-state index is 0.0396. The van der Waals surface area contributed by atoms with Crippen molar-refractivity contribution in [3.05, 3.63) is 23.3 Å². The third-order valence-electron chi connectivity index (χ3n) is 5.80. The number of ether oxygens (including phenoxy) is 1. The third-order valence-corrected chi connectivity index (χ3v) is 5.80. The quantitative estimate of drug-likeness (QED) is 0.365. The summed E-state index contributed by atoms with van der Waals surface area (Å²) in [5.74, 6) is -0.693. The van der Waals surface area contributed by atoms with Crippen LogP contribution in [0.4, 0.5) is 4.79 Å². The third kappa shape index (κ3) is 5.31. The summed E-state index contributed by atoms with van der Waals surface area (Å²) in [6, 6.07) is -0.988. The highest BCUT2D eigenvalue weighted by atomic mass is 16.6. The lowest BCUT2D eigenvalue weighted by Gasteiger charge is -2.36. The number of carbonyl (C=O) groups is 4. The number of rotatable bonds is 6. The highest BCUT2D eigenvalue weighted by Crippen LogP contribution is 2.35. The largest absolute Gasteiger partial charge is 0.465 e. The van der Waals surface area contributed by atoms with Crippen molar-refractivity contribution in [1.82, 2.24) is 15.1 Å². The summed E-state index contributed by atoms with van der Waals surface area (Å²) in [5, 5.41) is 12.2. The molecule has 3 fully saturated rings. The monoisotopic (exact) mass is 447 g/mol. The van der Waals surface area contributed by atoms with Crippen LogP contribution in [0.5, 0.6) is 0 Å². The zero-order chi connectivity index (χ0) is 23.8. The summed E-state index contributed by atoms with van der Waals surface area (Å²) in [6.45, 7) is 10.9. The highest BCUT2D eigenvalue weighted by Gasteiger charge is 2.55. The summed E-state index contributed by atoms with van der Waals surface area (Å²) >= 11 is 0. The lowest BCUT2D eigenvalue weighted by Crippen LogP contribution is -2.66. The molecular formula is C23H33N3O6. The molecule has 0 spiro atoms. The van der Waals surface area contributed by atoms with Crippen LogP contribution in [0.25, 0.3) is 0 Å². The molecule has 32 heavy (non-hydrogen) atoms. The van der Waals surface area contributed by atoms with Crippen molar-refractivity contribution in [3.63, 3.8) is 0 Å². The number of carbonyl (C=O) groups excluding carboxylic acids is 3. The number of allylic oxidation sites excluding steroid dienone is 2. The first-order valence-corrected chi connectivity index (χ1v) is 11.1. The molecule has 0 aromatic carbocycles. The highest BCUT2D eigenvalue weighted by molar-refractivity contribution is 5.96. The minimum Gasteiger partial charge on any atom is -0.465 e. The number of nitrogens with one attached hydrogen (secondary N) is 1. The number of carboxylic acid groups (broad SMARTS) is 1. The predicted molar refractivity (Wildman–Crippen MR) is 117 cm³/mol. The summed E-state index contributed by atoms with van der Waals surface area (Å²) in [4.78, 5) is 51.7. The second kappa shape index (κ2) is 8.96. The number of nitrogens with zero attached hydrogens (tertiary/aromatic N) is 2. The summed E-state index contributed by atoms with van der Waals surface area (Å²) < 4.78 is 5.42. The molecule has 3 saturated heterocycles. The molecular weight excluding hydrogens is 414 g/mol. The first-order valence-electron chi connectivity index (χ1n) is 11.1. The van der Waals surface area contributed by atoms with Crippen LogP contribution in [0.15, 0.2) is 23.3 Å². The van der Waals surface area contributed by atoms with Gasteiger partial charge in [-0.2, -0.15) is 0 Å². The number of β-lactam (4-membered cyclic amide) rings is 1. The standard InChI is InChI=1S/C23H33N3O6/c1-13(2)11-25-7-6-15(21(25)29)8-14(10-17(27)32-23(3,4)5)9-16-12-26(22(30)31)19-18(16)24-20(19)28/h8,10,13,16,18-19H,6-7,9,11-12H2,1-5H3,(H,24,28)(H,30,31)/b14-10+,15-8+. The zero-order valence-corrected chi connectivity index (χ0v) is 19.4. The van der Waals surface area contributed by atoms with Gasteiger partial charge in [0, 0.05) is 37.2 Å². The molecule has 2 N–H and O–H groups in total. The van der Waals surface area contributed by atoms with Gasteiger partial charge in [-0.05, 0) is 51.2 Å². The van der Waals surface area contributed by atoms with E-state index in [1.807, 2.05) is 4.90 Å². The summed E-state index contributed by atoms with van der Waals surface area (Å²) in [6.07, 6.45) is 2.93. The Kier molecular flexibility index (Phi) is 6.67. The lowest BCUT2D eigenvalue weighted by molar-refractivity contribution is -0.148. The van der Waals surface area contributed by atoms with E-state index in [1.54, 1.807) is 26.8 Å².